The molecule has 0 bridgehead atoms. The highest BCUT2D eigenvalue weighted by Crippen LogP contribution is 2.22. The molecule has 4 rings (SSSR count). The van der Waals surface area contributed by atoms with Gasteiger partial charge in [0, 0.05) is 43.2 Å². The third-order valence-corrected chi connectivity index (χ3v) is 5.30. The van der Waals surface area contributed by atoms with Crippen molar-refractivity contribution in [2.75, 3.05) is 31.5 Å². The van der Waals surface area contributed by atoms with Crippen LogP contribution in [-0.2, 0) is 4.79 Å². The quantitative estimate of drug-likeness (QED) is 0.908. The predicted molar refractivity (Wildman–Crippen MR) is 98.7 cm³/mol. The van der Waals surface area contributed by atoms with Gasteiger partial charge in [0.15, 0.2) is 5.65 Å². The molecule has 2 aromatic rings. The summed E-state index contributed by atoms with van der Waals surface area (Å²) >= 11 is 0. The average molecular weight is 357 g/mol. The number of halogens is 1. The number of pyridine rings is 2. The van der Waals surface area contributed by atoms with Gasteiger partial charge >= 0.3 is 0 Å². The van der Waals surface area contributed by atoms with Gasteiger partial charge in [-0.3, -0.25) is 9.69 Å². The zero-order valence-corrected chi connectivity index (χ0v) is 14.9. The van der Waals surface area contributed by atoms with E-state index in [1.807, 2.05) is 19.1 Å². The Morgan fingerprint density at radius 2 is 2.27 bits per heavy atom. The van der Waals surface area contributed by atoms with E-state index in [-0.39, 0.29) is 24.5 Å². The SMILES string of the molecule is C[C@@H]1C[C@H](F)CN1C(=O)CN1CC[C@@H](Nc2cnc3ncccc3c2)C1. The molecule has 0 unspecified atom stereocenters. The number of likely N-dealkylation sites (tertiary alicyclic amines) is 2. The van der Waals surface area contributed by atoms with Crippen molar-refractivity contribution in [3.05, 3.63) is 30.6 Å². The molecular formula is C19H24FN5O. The molecule has 2 fully saturated rings. The number of carbonyl (C=O) groups excluding carboxylic acids is 1. The van der Waals surface area contributed by atoms with E-state index in [4.69, 9.17) is 0 Å². The third-order valence-electron chi connectivity index (χ3n) is 5.30. The van der Waals surface area contributed by atoms with Crippen LogP contribution in [0.25, 0.3) is 11.0 Å². The van der Waals surface area contributed by atoms with Gasteiger partial charge in [0.1, 0.15) is 6.17 Å². The standard InChI is InChI=1S/C19H24FN5O/c1-13-7-15(20)10-25(13)18(26)12-24-6-4-16(11-24)23-17-8-14-3-2-5-21-19(14)22-9-17/h2-3,5,8-9,13,15-16,23H,4,6-7,10-12H2,1H3/t13-,15+,16-/m1/s1. The Labute approximate surface area is 152 Å². The number of hydrogen-bond acceptors (Lipinski definition) is 5. The van der Waals surface area contributed by atoms with Crippen LogP contribution >= 0.6 is 0 Å². The maximum absolute atomic E-state index is 13.5. The molecule has 26 heavy (non-hydrogen) atoms. The molecule has 0 spiro atoms. The summed E-state index contributed by atoms with van der Waals surface area (Å²) in [6.07, 6.45) is 4.09. The first kappa shape index (κ1) is 17.1. The van der Waals surface area contributed by atoms with E-state index in [0.717, 1.165) is 36.2 Å². The molecular weight excluding hydrogens is 333 g/mol. The van der Waals surface area contributed by atoms with E-state index in [1.54, 1.807) is 17.3 Å². The lowest BCUT2D eigenvalue weighted by atomic mass is 10.2. The lowest BCUT2D eigenvalue weighted by molar-refractivity contribution is -0.132. The number of aromatic nitrogens is 2. The minimum Gasteiger partial charge on any atom is -0.380 e. The van der Waals surface area contributed by atoms with E-state index in [0.29, 0.717) is 13.0 Å². The number of nitrogens with one attached hydrogen (secondary N) is 1. The van der Waals surface area contributed by atoms with Gasteiger partial charge in [0.05, 0.1) is 25.0 Å². The van der Waals surface area contributed by atoms with E-state index in [9.17, 15) is 9.18 Å². The van der Waals surface area contributed by atoms with Crippen molar-refractivity contribution in [2.24, 2.45) is 0 Å². The molecule has 7 heteroatoms. The molecule has 0 aliphatic carbocycles. The maximum atomic E-state index is 13.5. The second kappa shape index (κ2) is 7.15. The Hall–Kier alpha value is -2.28. The fourth-order valence-corrected chi connectivity index (χ4v) is 3.97. The largest absolute Gasteiger partial charge is 0.380 e. The van der Waals surface area contributed by atoms with Gasteiger partial charge in [-0.1, -0.05) is 0 Å². The number of nitrogens with zero attached hydrogens (tertiary/aromatic N) is 4. The lowest BCUT2D eigenvalue weighted by Crippen LogP contribution is -2.42. The Kier molecular flexibility index (Phi) is 4.72. The van der Waals surface area contributed by atoms with Crippen LogP contribution in [-0.4, -0.2) is 70.1 Å². The summed E-state index contributed by atoms with van der Waals surface area (Å²) in [4.78, 5) is 24.9. The van der Waals surface area contributed by atoms with Gasteiger partial charge in [-0.2, -0.15) is 0 Å². The Morgan fingerprint density at radius 3 is 3.08 bits per heavy atom. The molecule has 1 amide bonds. The van der Waals surface area contributed by atoms with Gasteiger partial charge in [0.25, 0.3) is 0 Å². The molecule has 0 aromatic carbocycles. The Balaban J connectivity index is 1.32. The summed E-state index contributed by atoms with van der Waals surface area (Å²) in [6, 6.07) is 6.24. The van der Waals surface area contributed by atoms with Crippen molar-refractivity contribution in [2.45, 2.75) is 38.0 Å². The lowest BCUT2D eigenvalue weighted by Gasteiger charge is -2.24. The second-order valence-electron chi connectivity index (χ2n) is 7.37. The number of rotatable bonds is 4. The van der Waals surface area contributed by atoms with Crippen molar-refractivity contribution >= 4 is 22.6 Å². The first-order valence-corrected chi connectivity index (χ1v) is 9.21. The fraction of sp³-hybridized carbons (Fsp3) is 0.526. The summed E-state index contributed by atoms with van der Waals surface area (Å²) in [7, 11) is 0. The van der Waals surface area contributed by atoms with Gasteiger partial charge in [-0.25, -0.2) is 14.4 Å². The third kappa shape index (κ3) is 3.62. The van der Waals surface area contributed by atoms with Crippen molar-refractivity contribution in [1.82, 2.24) is 19.8 Å². The zero-order chi connectivity index (χ0) is 18.1. The minimum absolute atomic E-state index is 0.00584. The van der Waals surface area contributed by atoms with E-state index in [1.165, 1.54) is 0 Å². The smallest absolute Gasteiger partial charge is 0.237 e. The molecule has 138 valence electrons. The monoisotopic (exact) mass is 357 g/mol. The first-order chi connectivity index (χ1) is 12.6. The summed E-state index contributed by atoms with van der Waals surface area (Å²) in [5, 5.41) is 4.51. The molecule has 2 aromatic heterocycles. The Bertz CT molecular complexity index is 800. The van der Waals surface area contributed by atoms with Gasteiger partial charge in [-0.05, 0) is 31.5 Å². The summed E-state index contributed by atoms with van der Waals surface area (Å²) in [5.74, 6) is 0.0387. The molecule has 2 saturated heterocycles. The van der Waals surface area contributed by atoms with Gasteiger partial charge < -0.3 is 10.2 Å². The summed E-state index contributed by atoms with van der Waals surface area (Å²) in [5.41, 5.74) is 1.71. The zero-order valence-electron chi connectivity index (χ0n) is 14.9. The maximum Gasteiger partial charge on any atom is 0.237 e. The summed E-state index contributed by atoms with van der Waals surface area (Å²) in [6.45, 7) is 4.21. The van der Waals surface area contributed by atoms with Crippen LogP contribution in [0, 0.1) is 0 Å². The number of alkyl halides is 1. The molecule has 0 saturated carbocycles. The van der Waals surface area contributed by atoms with E-state index in [2.05, 4.69) is 26.3 Å². The molecule has 6 nitrogen and oxygen atoms in total. The number of fused-ring (bicyclic) bond motifs is 1. The van der Waals surface area contributed by atoms with Crippen LogP contribution in [0.3, 0.4) is 0 Å². The minimum atomic E-state index is -0.878. The number of carbonyl (C=O) groups is 1. The first-order valence-electron chi connectivity index (χ1n) is 9.21. The highest BCUT2D eigenvalue weighted by atomic mass is 19.1. The molecule has 2 aliphatic rings. The van der Waals surface area contributed by atoms with Gasteiger partial charge in [-0.15, -0.1) is 0 Å². The van der Waals surface area contributed by atoms with Crippen molar-refractivity contribution in [3.63, 3.8) is 0 Å². The van der Waals surface area contributed by atoms with E-state index < -0.39 is 6.17 Å². The molecule has 2 aliphatic heterocycles. The normalized spacial score (nSPS) is 26.5. The van der Waals surface area contributed by atoms with Crippen LogP contribution in [0.4, 0.5) is 10.1 Å². The molecule has 1 N–H and O–H groups in total. The second-order valence-corrected chi connectivity index (χ2v) is 7.37. The Morgan fingerprint density at radius 1 is 1.38 bits per heavy atom. The summed E-state index contributed by atoms with van der Waals surface area (Å²) < 4.78 is 13.5. The van der Waals surface area contributed by atoms with Crippen LogP contribution in [0.15, 0.2) is 30.6 Å². The van der Waals surface area contributed by atoms with Crippen LogP contribution < -0.4 is 5.32 Å². The highest BCUT2D eigenvalue weighted by Gasteiger charge is 2.34. The number of amides is 1. The average Bonchev–Trinajstić information content (AvgIpc) is 3.20. The molecule has 3 atom stereocenters. The van der Waals surface area contributed by atoms with Crippen molar-refractivity contribution in [3.8, 4) is 0 Å². The van der Waals surface area contributed by atoms with Crippen molar-refractivity contribution in [1.29, 1.82) is 0 Å². The number of hydrogen-bond donors (Lipinski definition) is 1. The molecule has 0 radical (unpaired) electrons. The number of anilines is 1. The topological polar surface area (TPSA) is 61.4 Å². The van der Waals surface area contributed by atoms with Crippen LogP contribution in [0.1, 0.15) is 19.8 Å². The van der Waals surface area contributed by atoms with Crippen LogP contribution in [0.5, 0.6) is 0 Å². The predicted octanol–water partition coefficient (Wildman–Crippen LogP) is 2.07. The van der Waals surface area contributed by atoms with Crippen molar-refractivity contribution < 1.29 is 9.18 Å². The van der Waals surface area contributed by atoms with Crippen LogP contribution in [0.2, 0.25) is 0 Å². The molecule has 4 heterocycles. The fourth-order valence-electron chi connectivity index (χ4n) is 3.97. The van der Waals surface area contributed by atoms with E-state index >= 15 is 0 Å². The highest BCUT2D eigenvalue weighted by molar-refractivity contribution is 5.79. The van der Waals surface area contributed by atoms with Gasteiger partial charge in [0.2, 0.25) is 5.91 Å².